The summed E-state index contributed by atoms with van der Waals surface area (Å²) < 4.78 is 7.03. The van der Waals surface area contributed by atoms with Gasteiger partial charge in [-0.05, 0) is 53.9 Å². The Hall–Kier alpha value is -0.610. The van der Waals surface area contributed by atoms with Crippen molar-refractivity contribution in [3.05, 3.63) is 0 Å². The smallest absolute Gasteiger partial charge is 0.257 e. The first-order chi connectivity index (χ1) is 20.5. The topological polar surface area (TPSA) is 41.6 Å². The maximum atomic E-state index is 14.2. The van der Waals surface area contributed by atoms with Crippen LogP contribution in [0.4, 0.5) is 0 Å². The molecule has 1 amide bonds. The fraction of sp³-hybridized carbons (Fsp3) is 0.974. The van der Waals surface area contributed by atoms with E-state index in [0.29, 0.717) is 0 Å². The number of piperidine rings is 1. The number of ether oxygens (including phenoxy) is 1. The number of amides is 1. The zero-order chi connectivity index (χ0) is 31.7. The Bertz CT molecular complexity index is 732. The summed E-state index contributed by atoms with van der Waals surface area (Å²) in [6.07, 6.45) is 33.5. The van der Waals surface area contributed by atoms with E-state index in [1.165, 1.54) is 135 Å². The van der Waals surface area contributed by atoms with Crippen LogP contribution in [0.25, 0.3) is 0 Å². The molecule has 0 aliphatic carbocycles. The van der Waals surface area contributed by atoms with Crippen molar-refractivity contribution in [3.8, 4) is 0 Å². The summed E-state index contributed by atoms with van der Waals surface area (Å²) in [5.41, 5.74) is -1.41. The number of carbonyl (C=O) groups excluding carboxylic acids is 1. The molecule has 1 N–H and O–H groups in total. The zero-order valence-corrected chi connectivity index (χ0v) is 30.4. The van der Waals surface area contributed by atoms with Gasteiger partial charge < -0.3 is 15.0 Å². The summed E-state index contributed by atoms with van der Waals surface area (Å²) >= 11 is 0. The molecule has 2 aliphatic heterocycles. The fourth-order valence-electron chi connectivity index (χ4n) is 8.45. The number of nitrogens with one attached hydrogen (secondary N) is 1. The van der Waals surface area contributed by atoms with Crippen molar-refractivity contribution in [2.24, 2.45) is 0 Å². The van der Waals surface area contributed by atoms with Gasteiger partial charge in [0.25, 0.3) is 5.91 Å². The summed E-state index contributed by atoms with van der Waals surface area (Å²) in [4.78, 5) is 16.4. The Morgan fingerprint density at radius 2 is 0.907 bits per heavy atom. The predicted molar refractivity (Wildman–Crippen MR) is 187 cm³/mol. The maximum absolute atomic E-state index is 14.2. The monoisotopic (exact) mass is 605 g/mol. The lowest BCUT2D eigenvalue weighted by molar-refractivity contribution is -0.165. The van der Waals surface area contributed by atoms with Crippen LogP contribution in [-0.2, 0) is 9.53 Å². The van der Waals surface area contributed by atoms with E-state index in [2.05, 4.69) is 58.7 Å². The highest BCUT2D eigenvalue weighted by molar-refractivity contribution is 5.88. The van der Waals surface area contributed by atoms with Crippen LogP contribution in [0.15, 0.2) is 0 Å². The summed E-state index contributed by atoms with van der Waals surface area (Å²) in [6.45, 7) is 16.6. The lowest BCUT2D eigenvalue weighted by atomic mass is 9.72. The summed E-state index contributed by atoms with van der Waals surface area (Å²) in [6, 6.07) is 0. The molecular formula is C39H76N2O2. The molecule has 254 valence electrons. The van der Waals surface area contributed by atoms with Gasteiger partial charge in [0.1, 0.15) is 5.72 Å². The van der Waals surface area contributed by atoms with Gasteiger partial charge in [-0.25, -0.2) is 0 Å². The van der Waals surface area contributed by atoms with Crippen molar-refractivity contribution < 1.29 is 9.53 Å². The SMILES string of the molecule is CCCCCCCCCCCCCCCCCCN1C(=O)C2(CC(C)(C)NC(C)(C)C2)OC1(C)CCCCCCCCC. The Kier molecular flexibility index (Phi) is 17.8. The first-order valence-corrected chi connectivity index (χ1v) is 19.3. The van der Waals surface area contributed by atoms with E-state index in [0.717, 1.165) is 38.6 Å². The third kappa shape index (κ3) is 14.1. The molecule has 4 nitrogen and oxygen atoms in total. The largest absolute Gasteiger partial charge is 0.339 e. The Morgan fingerprint density at radius 3 is 1.30 bits per heavy atom. The number of hydrogen-bond acceptors (Lipinski definition) is 3. The van der Waals surface area contributed by atoms with E-state index < -0.39 is 11.3 Å². The number of carbonyl (C=O) groups is 1. The molecule has 0 bridgehead atoms. The molecule has 2 rings (SSSR count). The Morgan fingerprint density at radius 1 is 0.558 bits per heavy atom. The van der Waals surface area contributed by atoms with Crippen LogP contribution in [0.2, 0.25) is 0 Å². The van der Waals surface area contributed by atoms with Crippen molar-refractivity contribution >= 4 is 5.91 Å². The van der Waals surface area contributed by atoms with E-state index in [4.69, 9.17) is 4.74 Å². The van der Waals surface area contributed by atoms with Crippen LogP contribution >= 0.6 is 0 Å². The van der Waals surface area contributed by atoms with Crippen LogP contribution in [0.5, 0.6) is 0 Å². The molecule has 1 atom stereocenters. The minimum absolute atomic E-state index is 0.123. The molecule has 4 heteroatoms. The predicted octanol–water partition coefficient (Wildman–Crippen LogP) is 11.6. The van der Waals surface area contributed by atoms with E-state index in [9.17, 15) is 4.79 Å². The van der Waals surface area contributed by atoms with E-state index >= 15 is 0 Å². The third-order valence-corrected chi connectivity index (χ3v) is 10.2. The van der Waals surface area contributed by atoms with Gasteiger partial charge in [0.05, 0.1) is 0 Å². The van der Waals surface area contributed by atoms with E-state index in [1.54, 1.807) is 0 Å². The Labute approximate surface area is 269 Å². The van der Waals surface area contributed by atoms with Gasteiger partial charge in [-0.15, -0.1) is 0 Å². The minimum Gasteiger partial charge on any atom is -0.339 e. The molecule has 0 saturated carbocycles. The lowest BCUT2D eigenvalue weighted by Crippen LogP contribution is -2.65. The quantitative estimate of drug-likeness (QED) is 0.105. The second-order valence-corrected chi connectivity index (χ2v) is 16.1. The average Bonchev–Trinajstić information content (AvgIpc) is 3.10. The number of nitrogens with zero attached hydrogens (tertiary/aromatic N) is 1. The highest BCUT2D eigenvalue weighted by Crippen LogP contribution is 2.49. The second-order valence-electron chi connectivity index (χ2n) is 16.1. The number of rotatable bonds is 25. The molecule has 1 unspecified atom stereocenters. The molecule has 0 aromatic rings. The summed E-state index contributed by atoms with van der Waals surface area (Å²) in [7, 11) is 0. The molecular weight excluding hydrogens is 528 g/mol. The molecule has 2 heterocycles. The zero-order valence-electron chi connectivity index (χ0n) is 30.4. The van der Waals surface area contributed by atoms with Gasteiger partial charge in [-0.2, -0.15) is 0 Å². The van der Waals surface area contributed by atoms with Crippen LogP contribution < -0.4 is 5.32 Å². The van der Waals surface area contributed by atoms with Crippen LogP contribution in [-0.4, -0.2) is 39.8 Å². The molecule has 0 aromatic heterocycles. The third-order valence-electron chi connectivity index (χ3n) is 10.2. The lowest BCUT2D eigenvalue weighted by Gasteiger charge is -2.50. The van der Waals surface area contributed by atoms with Gasteiger partial charge in [-0.3, -0.25) is 4.79 Å². The maximum Gasteiger partial charge on any atom is 0.257 e. The molecule has 2 aliphatic rings. The van der Waals surface area contributed by atoms with Gasteiger partial charge >= 0.3 is 0 Å². The Balaban J connectivity index is 1.74. The summed E-state index contributed by atoms with van der Waals surface area (Å²) in [5, 5.41) is 3.77. The summed E-state index contributed by atoms with van der Waals surface area (Å²) in [5.74, 6) is 0.265. The number of unbranched alkanes of at least 4 members (excludes halogenated alkanes) is 21. The molecule has 2 saturated heterocycles. The van der Waals surface area contributed by atoms with Crippen LogP contribution in [0, 0.1) is 0 Å². The second kappa shape index (κ2) is 19.8. The van der Waals surface area contributed by atoms with Gasteiger partial charge in [0, 0.05) is 30.5 Å². The highest BCUT2D eigenvalue weighted by atomic mass is 16.6. The van der Waals surface area contributed by atoms with Crippen LogP contribution in [0.1, 0.15) is 215 Å². The minimum atomic E-state index is -0.691. The van der Waals surface area contributed by atoms with Gasteiger partial charge in [-0.1, -0.05) is 149 Å². The van der Waals surface area contributed by atoms with Crippen molar-refractivity contribution in [1.82, 2.24) is 10.2 Å². The van der Waals surface area contributed by atoms with Crippen molar-refractivity contribution in [3.63, 3.8) is 0 Å². The van der Waals surface area contributed by atoms with Crippen molar-refractivity contribution in [2.45, 2.75) is 238 Å². The molecule has 43 heavy (non-hydrogen) atoms. The van der Waals surface area contributed by atoms with Gasteiger partial charge in [0.15, 0.2) is 5.60 Å². The van der Waals surface area contributed by atoms with Crippen LogP contribution in [0.3, 0.4) is 0 Å². The molecule has 2 fully saturated rings. The van der Waals surface area contributed by atoms with E-state index in [-0.39, 0.29) is 17.0 Å². The standard InChI is InChI=1S/C39H76N2O2/c1-8-10-12-14-16-17-18-19-20-21-22-23-24-26-28-30-32-41-35(42)39(33-36(3,4)40-37(5,6)34-39)43-38(41,7)31-29-27-25-15-13-11-9-2/h40H,8-34H2,1-7H3. The van der Waals surface area contributed by atoms with Gasteiger partial charge in [0.2, 0.25) is 0 Å². The van der Waals surface area contributed by atoms with E-state index in [1.807, 2.05) is 0 Å². The average molecular weight is 605 g/mol. The molecule has 0 radical (unpaired) electrons. The van der Waals surface area contributed by atoms with Crippen molar-refractivity contribution in [2.75, 3.05) is 6.54 Å². The first kappa shape index (κ1) is 38.6. The normalized spacial score (nSPS) is 22.6. The molecule has 1 spiro atoms. The first-order valence-electron chi connectivity index (χ1n) is 19.3. The highest BCUT2D eigenvalue weighted by Gasteiger charge is 2.62. The molecule has 0 aromatic carbocycles. The van der Waals surface area contributed by atoms with Crippen molar-refractivity contribution in [1.29, 1.82) is 0 Å². The number of hydrogen-bond donors (Lipinski definition) is 1. The fourth-order valence-corrected chi connectivity index (χ4v) is 8.45.